The fourth-order valence-electron chi connectivity index (χ4n) is 5.35. The summed E-state index contributed by atoms with van der Waals surface area (Å²) in [5.74, 6) is 0.917. The van der Waals surface area contributed by atoms with Crippen LogP contribution in [0.3, 0.4) is 0 Å². The number of piperidine rings is 1. The van der Waals surface area contributed by atoms with Crippen molar-refractivity contribution in [2.24, 2.45) is 0 Å². The number of pyridine rings is 1. The van der Waals surface area contributed by atoms with E-state index in [9.17, 15) is 10.1 Å². The highest BCUT2D eigenvalue weighted by atomic mass is 16.5. The van der Waals surface area contributed by atoms with Crippen LogP contribution in [-0.2, 0) is 16.6 Å². The summed E-state index contributed by atoms with van der Waals surface area (Å²) < 4.78 is 11.0. The zero-order chi connectivity index (χ0) is 26.7. The Labute approximate surface area is 222 Å². The first-order valence-electron chi connectivity index (χ1n) is 12.9. The van der Waals surface area contributed by atoms with E-state index in [4.69, 9.17) is 14.5 Å². The molecule has 9 nitrogen and oxygen atoms in total. The van der Waals surface area contributed by atoms with Gasteiger partial charge in [-0.15, -0.1) is 0 Å². The molecule has 0 saturated carbocycles. The van der Waals surface area contributed by atoms with Gasteiger partial charge < -0.3 is 19.7 Å². The van der Waals surface area contributed by atoms with Gasteiger partial charge in [-0.25, -0.2) is 9.97 Å². The van der Waals surface area contributed by atoms with Crippen LogP contribution < -0.4 is 10.1 Å². The van der Waals surface area contributed by atoms with Crippen molar-refractivity contribution in [2.75, 3.05) is 32.6 Å². The zero-order valence-electron chi connectivity index (χ0n) is 22.0. The summed E-state index contributed by atoms with van der Waals surface area (Å²) >= 11 is 0. The van der Waals surface area contributed by atoms with E-state index in [0.717, 1.165) is 48.2 Å². The third kappa shape index (κ3) is 5.04. The Hall–Kier alpha value is -4.03. The molecular formula is C29H32N6O3. The van der Waals surface area contributed by atoms with Gasteiger partial charge in [0.15, 0.2) is 0 Å². The molecule has 196 valence electrons. The number of rotatable bonds is 7. The van der Waals surface area contributed by atoms with Crippen LogP contribution in [0, 0.1) is 11.3 Å². The van der Waals surface area contributed by atoms with E-state index < -0.39 is 0 Å². The summed E-state index contributed by atoms with van der Waals surface area (Å²) in [4.78, 5) is 28.7. The van der Waals surface area contributed by atoms with Gasteiger partial charge in [0.2, 0.25) is 5.95 Å². The molecule has 0 bridgehead atoms. The number of likely N-dealkylation sites (tertiary alicyclic amines) is 1. The number of anilines is 2. The Morgan fingerprint density at radius 1 is 1.21 bits per heavy atom. The molecule has 1 aliphatic carbocycles. The van der Waals surface area contributed by atoms with Crippen LogP contribution in [0.2, 0.25) is 0 Å². The number of amides is 1. The third-order valence-electron chi connectivity index (χ3n) is 7.71. The standard InChI is InChI=1S/C29H32N6O3/c1-29(11-12-30)10-6-24-22(29)16-20(18-32-24)23-7-13-31-28(33-23)34-25-5-4-19(17-26(25)38-3)27(36)35-14-8-21(37-2)9-15-35/h4-5,7,13,16-18,21H,6,8-11,14-15H2,1-3H3,(H,31,33,34). The lowest BCUT2D eigenvalue weighted by Crippen LogP contribution is -2.40. The number of fused-ring (bicyclic) bond motifs is 1. The van der Waals surface area contributed by atoms with E-state index >= 15 is 0 Å². The predicted octanol–water partition coefficient (Wildman–Crippen LogP) is 4.66. The Kier molecular flexibility index (Phi) is 7.25. The fourth-order valence-corrected chi connectivity index (χ4v) is 5.35. The second-order valence-corrected chi connectivity index (χ2v) is 10.1. The van der Waals surface area contributed by atoms with Crippen LogP contribution in [0.5, 0.6) is 5.75 Å². The molecule has 1 aliphatic heterocycles. The molecule has 5 rings (SSSR count). The number of aryl methyl sites for hydroxylation is 1. The normalized spacial score (nSPS) is 19.1. The van der Waals surface area contributed by atoms with Crippen molar-refractivity contribution in [1.82, 2.24) is 19.9 Å². The number of methoxy groups -OCH3 is 2. The topological polar surface area (TPSA) is 113 Å². The molecule has 1 unspecified atom stereocenters. The van der Waals surface area contributed by atoms with Crippen molar-refractivity contribution in [3.63, 3.8) is 0 Å². The van der Waals surface area contributed by atoms with E-state index in [1.165, 1.54) is 0 Å². The first kappa shape index (κ1) is 25.6. The van der Waals surface area contributed by atoms with Gasteiger partial charge in [0, 0.05) is 61.2 Å². The number of aromatic nitrogens is 3. The number of carbonyl (C=O) groups is 1. The van der Waals surface area contributed by atoms with Crippen LogP contribution in [0.15, 0.2) is 42.7 Å². The number of hydrogen-bond acceptors (Lipinski definition) is 8. The molecular weight excluding hydrogens is 480 g/mol. The van der Waals surface area contributed by atoms with Gasteiger partial charge in [-0.3, -0.25) is 9.78 Å². The average Bonchev–Trinajstić information content (AvgIpc) is 3.28. The highest BCUT2D eigenvalue weighted by Gasteiger charge is 2.35. The molecule has 1 fully saturated rings. The molecule has 9 heteroatoms. The molecule has 1 aromatic carbocycles. The number of hydrogen-bond donors (Lipinski definition) is 1. The maximum Gasteiger partial charge on any atom is 0.253 e. The summed E-state index contributed by atoms with van der Waals surface area (Å²) in [7, 11) is 3.29. The monoisotopic (exact) mass is 512 g/mol. The van der Waals surface area contributed by atoms with Crippen molar-refractivity contribution in [1.29, 1.82) is 5.26 Å². The molecule has 38 heavy (non-hydrogen) atoms. The zero-order valence-corrected chi connectivity index (χ0v) is 22.0. The lowest BCUT2D eigenvalue weighted by Gasteiger charge is -2.31. The van der Waals surface area contributed by atoms with Gasteiger partial charge in [-0.05, 0) is 61.6 Å². The fraction of sp³-hybridized carbons (Fsp3) is 0.414. The molecule has 0 spiro atoms. The summed E-state index contributed by atoms with van der Waals surface area (Å²) in [5, 5.41) is 12.6. The Morgan fingerprint density at radius 2 is 2.03 bits per heavy atom. The van der Waals surface area contributed by atoms with Crippen molar-refractivity contribution in [2.45, 2.75) is 50.5 Å². The largest absolute Gasteiger partial charge is 0.495 e. The van der Waals surface area contributed by atoms with Gasteiger partial charge in [0.05, 0.1) is 30.7 Å². The van der Waals surface area contributed by atoms with Gasteiger partial charge >= 0.3 is 0 Å². The minimum Gasteiger partial charge on any atom is -0.495 e. The van der Waals surface area contributed by atoms with Crippen LogP contribution >= 0.6 is 0 Å². The summed E-state index contributed by atoms with van der Waals surface area (Å²) in [6.07, 6.45) is 7.69. The van der Waals surface area contributed by atoms with E-state index in [0.29, 0.717) is 42.5 Å². The minimum atomic E-state index is -0.187. The molecule has 2 aromatic heterocycles. The van der Waals surface area contributed by atoms with E-state index in [1.807, 2.05) is 23.2 Å². The van der Waals surface area contributed by atoms with E-state index in [-0.39, 0.29) is 17.4 Å². The van der Waals surface area contributed by atoms with E-state index in [2.05, 4.69) is 34.3 Å². The average molecular weight is 513 g/mol. The van der Waals surface area contributed by atoms with Gasteiger partial charge in [-0.1, -0.05) is 6.92 Å². The predicted molar refractivity (Wildman–Crippen MR) is 143 cm³/mol. The Balaban J connectivity index is 1.35. The van der Waals surface area contributed by atoms with Gasteiger partial charge in [-0.2, -0.15) is 5.26 Å². The highest BCUT2D eigenvalue weighted by Crippen LogP contribution is 2.41. The van der Waals surface area contributed by atoms with E-state index in [1.54, 1.807) is 32.5 Å². The van der Waals surface area contributed by atoms with Crippen molar-refractivity contribution in [3.05, 3.63) is 59.5 Å². The summed E-state index contributed by atoms with van der Waals surface area (Å²) in [5.41, 5.74) is 4.84. The first-order valence-corrected chi connectivity index (χ1v) is 12.9. The van der Waals surface area contributed by atoms with Gasteiger partial charge in [0.25, 0.3) is 5.91 Å². The lowest BCUT2D eigenvalue weighted by atomic mass is 9.81. The summed E-state index contributed by atoms with van der Waals surface area (Å²) in [6, 6.07) is 11.6. The molecule has 3 aromatic rings. The first-order chi connectivity index (χ1) is 18.4. The van der Waals surface area contributed by atoms with Crippen molar-refractivity contribution in [3.8, 4) is 23.1 Å². The number of nitrogens with one attached hydrogen (secondary N) is 1. The molecule has 1 N–H and O–H groups in total. The smallest absolute Gasteiger partial charge is 0.253 e. The van der Waals surface area contributed by atoms with Crippen LogP contribution in [0.4, 0.5) is 11.6 Å². The molecule has 1 saturated heterocycles. The molecule has 1 atom stereocenters. The number of nitrogens with zero attached hydrogens (tertiary/aromatic N) is 5. The molecule has 1 amide bonds. The SMILES string of the molecule is COc1cc(C(=O)N2CCC(OC)CC2)ccc1Nc1nccc(-c2cnc3c(c2)C(C)(CC#N)CC3)n1. The molecule has 2 aliphatic rings. The highest BCUT2D eigenvalue weighted by molar-refractivity contribution is 5.95. The minimum absolute atomic E-state index is 0.0184. The second-order valence-electron chi connectivity index (χ2n) is 10.1. The second kappa shape index (κ2) is 10.8. The third-order valence-corrected chi connectivity index (χ3v) is 7.71. The molecule has 0 radical (unpaired) electrons. The maximum atomic E-state index is 13.1. The van der Waals surface area contributed by atoms with Gasteiger partial charge in [0.1, 0.15) is 5.75 Å². The van der Waals surface area contributed by atoms with Crippen LogP contribution in [0.1, 0.15) is 54.2 Å². The Morgan fingerprint density at radius 3 is 2.76 bits per heavy atom. The quantitative estimate of drug-likeness (QED) is 0.486. The lowest BCUT2D eigenvalue weighted by molar-refractivity contribution is 0.0350. The number of benzene rings is 1. The maximum absolute atomic E-state index is 13.1. The number of nitriles is 1. The Bertz CT molecular complexity index is 1380. The van der Waals surface area contributed by atoms with Crippen molar-refractivity contribution >= 4 is 17.5 Å². The molecule has 3 heterocycles. The van der Waals surface area contributed by atoms with Crippen LogP contribution in [-0.4, -0.2) is 59.2 Å². The van der Waals surface area contributed by atoms with Crippen LogP contribution in [0.25, 0.3) is 11.3 Å². The number of ether oxygens (including phenoxy) is 2. The summed E-state index contributed by atoms with van der Waals surface area (Å²) in [6.45, 7) is 3.48. The van der Waals surface area contributed by atoms with Crippen molar-refractivity contribution < 1.29 is 14.3 Å². The number of carbonyl (C=O) groups excluding carboxylic acids is 1.